The van der Waals surface area contributed by atoms with Crippen molar-refractivity contribution in [3.63, 3.8) is 0 Å². The maximum atomic E-state index is 5.32. The molecule has 1 aliphatic rings. The molecule has 0 N–H and O–H groups in total. The Morgan fingerprint density at radius 3 is 2.00 bits per heavy atom. The maximum Gasteiger partial charge on any atom is 0.0502 e. The Labute approximate surface area is 62.2 Å². The van der Waals surface area contributed by atoms with E-state index in [1.54, 1.807) is 0 Å². The van der Waals surface area contributed by atoms with Crippen LogP contribution in [-0.2, 0) is 4.74 Å². The summed E-state index contributed by atoms with van der Waals surface area (Å²) in [4.78, 5) is 0. The monoisotopic (exact) mass is 146 g/mol. The van der Waals surface area contributed by atoms with E-state index >= 15 is 0 Å². The summed E-state index contributed by atoms with van der Waals surface area (Å²) in [5.74, 6) is 1.24. The molecule has 1 aliphatic heterocycles. The summed E-state index contributed by atoms with van der Waals surface area (Å²) >= 11 is 4.47. The Balaban J connectivity index is 2.41. The SMILES string of the molecule is CC1COCC(C)C1S. The van der Waals surface area contributed by atoms with E-state index < -0.39 is 0 Å². The lowest BCUT2D eigenvalue weighted by Crippen LogP contribution is -2.33. The second kappa shape index (κ2) is 2.93. The smallest absolute Gasteiger partial charge is 0.0502 e. The minimum Gasteiger partial charge on any atom is -0.381 e. The summed E-state index contributed by atoms with van der Waals surface area (Å²) in [6, 6.07) is 0. The molecular formula is C7H14OS. The van der Waals surface area contributed by atoms with Gasteiger partial charge in [-0.15, -0.1) is 0 Å². The Morgan fingerprint density at radius 1 is 1.22 bits per heavy atom. The zero-order chi connectivity index (χ0) is 6.85. The number of hydrogen-bond donors (Lipinski definition) is 1. The molecule has 0 aliphatic carbocycles. The highest BCUT2D eigenvalue weighted by Crippen LogP contribution is 2.23. The van der Waals surface area contributed by atoms with Crippen molar-refractivity contribution in [2.45, 2.75) is 19.1 Å². The maximum absolute atomic E-state index is 5.32. The highest BCUT2D eigenvalue weighted by molar-refractivity contribution is 7.81. The molecule has 0 radical (unpaired) electrons. The van der Waals surface area contributed by atoms with Crippen LogP contribution in [0, 0.1) is 11.8 Å². The van der Waals surface area contributed by atoms with E-state index in [4.69, 9.17) is 4.74 Å². The second-order valence-electron chi connectivity index (χ2n) is 2.98. The molecule has 2 heteroatoms. The second-order valence-corrected chi connectivity index (χ2v) is 3.58. The molecule has 0 aromatic rings. The molecule has 1 nitrogen and oxygen atoms in total. The van der Waals surface area contributed by atoms with Crippen LogP contribution < -0.4 is 0 Å². The summed E-state index contributed by atoms with van der Waals surface area (Å²) in [7, 11) is 0. The topological polar surface area (TPSA) is 9.23 Å². The quantitative estimate of drug-likeness (QED) is 0.511. The third kappa shape index (κ3) is 1.62. The Bertz CT molecular complexity index is 84.9. The summed E-state index contributed by atoms with van der Waals surface area (Å²) in [5.41, 5.74) is 0. The van der Waals surface area contributed by atoms with Crippen LogP contribution in [0.5, 0.6) is 0 Å². The van der Waals surface area contributed by atoms with Crippen LogP contribution in [0.3, 0.4) is 0 Å². The summed E-state index contributed by atoms with van der Waals surface area (Å²) < 4.78 is 5.32. The van der Waals surface area contributed by atoms with Gasteiger partial charge in [-0.2, -0.15) is 12.6 Å². The predicted molar refractivity (Wildman–Crippen MR) is 41.9 cm³/mol. The Hall–Kier alpha value is 0.310. The van der Waals surface area contributed by atoms with Gasteiger partial charge in [0.15, 0.2) is 0 Å². The molecular weight excluding hydrogens is 132 g/mol. The van der Waals surface area contributed by atoms with Crippen LogP contribution in [0.4, 0.5) is 0 Å². The van der Waals surface area contributed by atoms with E-state index in [1.165, 1.54) is 0 Å². The molecule has 0 saturated carbocycles. The Morgan fingerprint density at radius 2 is 1.67 bits per heavy atom. The molecule has 0 bridgehead atoms. The zero-order valence-corrected chi connectivity index (χ0v) is 6.90. The molecule has 1 saturated heterocycles. The van der Waals surface area contributed by atoms with Crippen LogP contribution in [-0.4, -0.2) is 18.5 Å². The van der Waals surface area contributed by atoms with E-state index in [1.807, 2.05) is 0 Å². The lowest BCUT2D eigenvalue weighted by atomic mass is 9.95. The fourth-order valence-electron chi connectivity index (χ4n) is 1.20. The molecule has 1 heterocycles. The normalized spacial score (nSPS) is 45.0. The van der Waals surface area contributed by atoms with Crippen molar-refractivity contribution in [3.8, 4) is 0 Å². The minimum absolute atomic E-state index is 0.541. The first kappa shape index (κ1) is 7.42. The Kier molecular flexibility index (Phi) is 2.42. The van der Waals surface area contributed by atoms with Gasteiger partial charge in [-0.05, 0) is 11.8 Å². The highest BCUT2D eigenvalue weighted by atomic mass is 32.1. The number of hydrogen-bond acceptors (Lipinski definition) is 2. The van der Waals surface area contributed by atoms with Gasteiger partial charge in [0.2, 0.25) is 0 Å². The van der Waals surface area contributed by atoms with Crippen molar-refractivity contribution in [2.75, 3.05) is 13.2 Å². The van der Waals surface area contributed by atoms with Gasteiger partial charge in [-0.1, -0.05) is 13.8 Å². The van der Waals surface area contributed by atoms with Gasteiger partial charge in [0.05, 0.1) is 13.2 Å². The summed E-state index contributed by atoms with van der Waals surface area (Å²) in [6.45, 7) is 6.15. The summed E-state index contributed by atoms with van der Waals surface area (Å²) in [6.07, 6.45) is 0. The summed E-state index contributed by atoms with van der Waals surface area (Å²) in [5, 5.41) is 0.541. The van der Waals surface area contributed by atoms with Crippen molar-refractivity contribution >= 4 is 12.6 Å². The molecule has 0 amide bonds. The van der Waals surface area contributed by atoms with Crippen molar-refractivity contribution in [3.05, 3.63) is 0 Å². The fourth-order valence-corrected chi connectivity index (χ4v) is 1.37. The van der Waals surface area contributed by atoms with Gasteiger partial charge >= 0.3 is 0 Å². The van der Waals surface area contributed by atoms with Gasteiger partial charge in [0, 0.05) is 5.25 Å². The molecule has 1 fully saturated rings. The fraction of sp³-hybridized carbons (Fsp3) is 1.00. The average Bonchev–Trinajstić information content (AvgIpc) is 1.83. The van der Waals surface area contributed by atoms with Crippen LogP contribution in [0.25, 0.3) is 0 Å². The minimum atomic E-state index is 0.541. The van der Waals surface area contributed by atoms with Gasteiger partial charge in [-0.25, -0.2) is 0 Å². The van der Waals surface area contributed by atoms with E-state index in [9.17, 15) is 0 Å². The third-order valence-electron chi connectivity index (χ3n) is 1.93. The van der Waals surface area contributed by atoms with Gasteiger partial charge in [0.1, 0.15) is 0 Å². The van der Waals surface area contributed by atoms with Gasteiger partial charge < -0.3 is 4.74 Å². The highest BCUT2D eigenvalue weighted by Gasteiger charge is 2.24. The van der Waals surface area contributed by atoms with Crippen LogP contribution in [0.2, 0.25) is 0 Å². The van der Waals surface area contributed by atoms with Crippen molar-refractivity contribution < 1.29 is 4.74 Å². The van der Waals surface area contributed by atoms with Gasteiger partial charge in [0.25, 0.3) is 0 Å². The van der Waals surface area contributed by atoms with E-state index in [-0.39, 0.29) is 0 Å². The van der Waals surface area contributed by atoms with E-state index in [2.05, 4.69) is 26.5 Å². The first-order valence-electron chi connectivity index (χ1n) is 3.47. The van der Waals surface area contributed by atoms with E-state index in [0.717, 1.165) is 13.2 Å². The first-order chi connectivity index (χ1) is 4.22. The molecule has 2 atom stereocenters. The first-order valence-corrected chi connectivity index (χ1v) is 3.99. The molecule has 54 valence electrons. The molecule has 2 unspecified atom stereocenters. The van der Waals surface area contributed by atoms with Crippen LogP contribution in [0.15, 0.2) is 0 Å². The molecule has 0 aromatic heterocycles. The third-order valence-corrected chi connectivity index (χ3v) is 2.95. The standard InChI is InChI=1S/C7H14OS/c1-5-3-8-4-6(2)7(5)9/h5-7,9H,3-4H2,1-2H3. The predicted octanol–water partition coefficient (Wildman–Crippen LogP) is 1.59. The molecule has 1 rings (SSSR count). The lowest BCUT2D eigenvalue weighted by Gasteiger charge is -2.30. The van der Waals surface area contributed by atoms with Crippen molar-refractivity contribution in [1.82, 2.24) is 0 Å². The molecule has 0 aromatic carbocycles. The zero-order valence-electron chi connectivity index (χ0n) is 6.00. The van der Waals surface area contributed by atoms with Crippen LogP contribution in [0.1, 0.15) is 13.8 Å². The average molecular weight is 146 g/mol. The van der Waals surface area contributed by atoms with Crippen LogP contribution >= 0.6 is 12.6 Å². The largest absolute Gasteiger partial charge is 0.381 e. The number of ether oxygens (including phenoxy) is 1. The van der Waals surface area contributed by atoms with Crippen molar-refractivity contribution in [1.29, 1.82) is 0 Å². The molecule has 9 heavy (non-hydrogen) atoms. The van der Waals surface area contributed by atoms with Gasteiger partial charge in [-0.3, -0.25) is 0 Å². The number of rotatable bonds is 0. The van der Waals surface area contributed by atoms with E-state index in [0.29, 0.717) is 17.1 Å². The number of thiol groups is 1. The van der Waals surface area contributed by atoms with Crippen molar-refractivity contribution in [2.24, 2.45) is 11.8 Å². The molecule has 0 spiro atoms. The lowest BCUT2D eigenvalue weighted by molar-refractivity contribution is 0.0329.